The summed E-state index contributed by atoms with van der Waals surface area (Å²) < 4.78 is 27.6. The van der Waals surface area contributed by atoms with Gasteiger partial charge in [0.15, 0.2) is 12.6 Å². The predicted molar refractivity (Wildman–Crippen MR) is 45.5 cm³/mol. The van der Waals surface area contributed by atoms with Gasteiger partial charge in [0, 0.05) is 11.6 Å². The number of carbonyl (C=O) groups excluding carboxylic acids is 2. The van der Waals surface area contributed by atoms with E-state index in [1.165, 1.54) is 0 Å². The maximum absolute atomic E-state index is 11.8. The first kappa shape index (κ1) is 11.1. The Labute approximate surface area is 83.1 Å². The van der Waals surface area contributed by atoms with E-state index in [4.69, 9.17) is 0 Å². The van der Waals surface area contributed by atoms with Crippen molar-refractivity contribution in [2.75, 3.05) is 0 Å². The Kier molecular flexibility index (Phi) is 3.33. The SMILES string of the molecule is O=Cc1cc(OC(F)F)cc(O)c1C=O. The van der Waals surface area contributed by atoms with E-state index in [0.717, 1.165) is 12.1 Å². The second-order valence-corrected chi connectivity index (χ2v) is 2.56. The predicted octanol–water partition coefficient (Wildman–Crippen LogP) is 1.62. The highest BCUT2D eigenvalue weighted by molar-refractivity contribution is 5.93. The van der Waals surface area contributed by atoms with Gasteiger partial charge in [-0.25, -0.2) is 0 Å². The van der Waals surface area contributed by atoms with E-state index < -0.39 is 12.4 Å². The van der Waals surface area contributed by atoms with Crippen LogP contribution < -0.4 is 4.74 Å². The summed E-state index contributed by atoms with van der Waals surface area (Å²) in [5.41, 5.74) is -0.465. The van der Waals surface area contributed by atoms with E-state index in [-0.39, 0.29) is 29.4 Å². The molecule has 0 bridgehead atoms. The molecule has 0 saturated carbocycles. The zero-order valence-corrected chi connectivity index (χ0v) is 7.31. The summed E-state index contributed by atoms with van der Waals surface area (Å²) in [5.74, 6) is -0.958. The quantitative estimate of drug-likeness (QED) is 0.776. The molecule has 0 aliphatic heterocycles. The molecule has 0 amide bonds. The number of alkyl halides is 2. The highest BCUT2D eigenvalue weighted by Gasteiger charge is 2.12. The van der Waals surface area contributed by atoms with E-state index in [0.29, 0.717) is 0 Å². The summed E-state index contributed by atoms with van der Waals surface area (Å²) in [4.78, 5) is 20.9. The fraction of sp³-hybridized carbons (Fsp3) is 0.111. The van der Waals surface area contributed by atoms with Crippen molar-refractivity contribution >= 4 is 12.6 Å². The van der Waals surface area contributed by atoms with Gasteiger partial charge in [-0.2, -0.15) is 8.78 Å². The Hall–Kier alpha value is -1.98. The molecule has 1 rings (SSSR count). The number of carbonyl (C=O) groups is 2. The van der Waals surface area contributed by atoms with Gasteiger partial charge in [-0.1, -0.05) is 0 Å². The number of benzene rings is 1. The first-order chi connectivity index (χ1) is 7.08. The topological polar surface area (TPSA) is 63.6 Å². The molecule has 0 aromatic heterocycles. The van der Waals surface area contributed by atoms with Gasteiger partial charge in [0.2, 0.25) is 0 Å². The summed E-state index contributed by atoms with van der Waals surface area (Å²) >= 11 is 0. The van der Waals surface area contributed by atoms with Gasteiger partial charge >= 0.3 is 6.61 Å². The van der Waals surface area contributed by atoms with Gasteiger partial charge in [0.05, 0.1) is 5.56 Å². The molecule has 0 atom stereocenters. The van der Waals surface area contributed by atoms with Gasteiger partial charge in [-0.3, -0.25) is 9.59 Å². The number of hydrogen-bond acceptors (Lipinski definition) is 4. The Bertz CT molecular complexity index is 390. The second-order valence-electron chi connectivity index (χ2n) is 2.56. The third-order valence-corrected chi connectivity index (χ3v) is 1.63. The van der Waals surface area contributed by atoms with Crippen LogP contribution in [0.1, 0.15) is 20.7 Å². The lowest BCUT2D eigenvalue weighted by atomic mass is 10.1. The highest BCUT2D eigenvalue weighted by atomic mass is 19.3. The van der Waals surface area contributed by atoms with Crippen LogP contribution in [0.25, 0.3) is 0 Å². The molecular formula is C9H6F2O4. The average Bonchev–Trinajstić information content (AvgIpc) is 2.15. The fourth-order valence-corrected chi connectivity index (χ4v) is 1.03. The fourth-order valence-electron chi connectivity index (χ4n) is 1.03. The number of phenolic OH excluding ortho intramolecular Hbond substituents is 1. The van der Waals surface area contributed by atoms with E-state index in [2.05, 4.69) is 4.74 Å². The minimum absolute atomic E-state index is 0.208. The van der Waals surface area contributed by atoms with Crippen LogP contribution in [0, 0.1) is 0 Å². The Morgan fingerprint density at radius 1 is 1.27 bits per heavy atom. The summed E-state index contributed by atoms with van der Waals surface area (Å²) in [7, 11) is 0. The number of aldehydes is 2. The maximum atomic E-state index is 11.8. The van der Waals surface area contributed by atoms with Crippen molar-refractivity contribution in [2.45, 2.75) is 6.61 Å². The van der Waals surface area contributed by atoms with E-state index in [1.807, 2.05) is 0 Å². The molecule has 0 heterocycles. The van der Waals surface area contributed by atoms with Crippen molar-refractivity contribution in [3.8, 4) is 11.5 Å². The molecule has 4 nitrogen and oxygen atoms in total. The van der Waals surface area contributed by atoms with Crippen molar-refractivity contribution in [1.29, 1.82) is 0 Å². The van der Waals surface area contributed by atoms with Crippen molar-refractivity contribution in [3.63, 3.8) is 0 Å². The van der Waals surface area contributed by atoms with Gasteiger partial charge in [-0.05, 0) is 6.07 Å². The van der Waals surface area contributed by atoms with Crippen molar-refractivity contribution in [1.82, 2.24) is 0 Å². The molecule has 0 unspecified atom stereocenters. The number of phenols is 1. The molecular weight excluding hydrogens is 210 g/mol. The maximum Gasteiger partial charge on any atom is 0.387 e. The average molecular weight is 216 g/mol. The third kappa shape index (κ3) is 2.49. The normalized spacial score (nSPS) is 10.1. The minimum Gasteiger partial charge on any atom is -0.507 e. The van der Waals surface area contributed by atoms with Crippen molar-refractivity contribution in [3.05, 3.63) is 23.3 Å². The first-order valence-corrected chi connectivity index (χ1v) is 3.80. The smallest absolute Gasteiger partial charge is 0.387 e. The molecule has 1 aromatic carbocycles. The molecule has 0 spiro atoms. The van der Waals surface area contributed by atoms with E-state index in [1.54, 1.807) is 0 Å². The molecule has 15 heavy (non-hydrogen) atoms. The van der Waals surface area contributed by atoms with E-state index in [9.17, 15) is 23.5 Å². The number of halogens is 2. The molecule has 0 radical (unpaired) electrons. The van der Waals surface area contributed by atoms with Crippen LogP contribution in [0.3, 0.4) is 0 Å². The number of ether oxygens (including phenoxy) is 1. The monoisotopic (exact) mass is 216 g/mol. The third-order valence-electron chi connectivity index (χ3n) is 1.63. The lowest BCUT2D eigenvalue weighted by Gasteiger charge is -2.07. The lowest BCUT2D eigenvalue weighted by molar-refractivity contribution is -0.0499. The minimum atomic E-state index is -3.06. The Morgan fingerprint density at radius 2 is 1.93 bits per heavy atom. The molecule has 0 fully saturated rings. The van der Waals surface area contributed by atoms with Gasteiger partial charge in [0.25, 0.3) is 0 Å². The largest absolute Gasteiger partial charge is 0.507 e. The number of rotatable bonds is 4. The van der Waals surface area contributed by atoms with Crippen molar-refractivity contribution in [2.24, 2.45) is 0 Å². The summed E-state index contributed by atoms with van der Waals surface area (Å²) in [5, 5.41) is 9.20. The molecule has 1 aromatic rings. The molecule has 80 valence electrons. The zero-order chi connectivity index (χ0) is 11.4. The number of aromatic hydroxyl groups is 1. The summed E-state index contributed by atoms with van der Waals surface area (Å²) in [6.07, 6.45) is 0.521. The van der Waals surface area contributed by atoms with Crippen LogP contribution in [0.2, 0.25) is 0 Å². The van der Waals surface area contributed by atoms with Crippen LogP contribution in [0.15, 0.2) is 12.1 Å². The van der Waals surface area contributed by atoms with Gasteiger partial charge < -0.3 is 9.84 Å². The van der Waals surface area contributed by atoms with Crippen LogP contribution in [0.4, 0.5) is 8.78 Å². The molecule has 0 aliphatic rings. The summed E-state index contributed by atoms with van der Waals surface area (Å²) in [6, 6.07) is 1.78. The van der Waals surface area contributed by atoms with E-state index >= 15 is 0 Å². The van der Waals surface area contributed by atoms with Crippen LogP contribution >= 0.6 is 0 Å². The van der Waals surface area contributed by atoms with Crippen molar-refractivity contribution < 1.29 is 28.2 Å². The van der Waals surface area contributed by atoms with Crippen LogP contribution in [-0.2, 0) is 0 Å². The second kappa shape index (κ2) is 4.50. The molecule has 0 aliphatic carbocycles. The molecule has 1 N–H and O–H groups in total. The first-order valence-electron chi connectivity index (χ1n) is 3.80. The molecule has 6 heteroatoms. The van der Waals surface area contributed by atoms with Crippen LogP contribution in [0.5, 0.6) is 11.5 Å². The Balaban J connectivity index is 3.19. The summed E-state index contributed by atoms with van der Waals surface area (Å²) in [6.45, 7) is -3.06. The van der Waals surface area contributed by atoms with Gasteiger partial charge in [-0.15, -0.1) is 0 Å². The number of hydrogen-bond donors (Lipinski definition) is 1. The highest BCUT2D eigenvalue weighted by Crippen LogP contribution is 2.26. The lowest BCUT2D eigenvalue weighted by Crippen LogP contribution is -2.03. The van der Waals surface area contributed by atoms with Crippen LogP contribution in [-0.4, -0.2) is 24.3 Å². The molecule has 0 saturated heterocycles. The standard InChI is InChI=1S/C9H6F2O4/c10-9(11)15-6-1-5(3-12)7(4-13)8(14)2-6/h1-4,9,14H. The zero-order valence-electron chi connectivity index (χ0n) is 7.31. The Morgan fingerprint density at radius 3 is 2.40 bits per heavy atom. The van der Waals surface area contributed by atoms with Gasteiger partial charge in [0.1, 0.15) is 11.5 Å².